The second-order valence-corrected chi connectivity index (χ2v) is 6.38. The van der Waals surface area contributed by atoms with E-state index in [-0.39, 0.29) is 30.7 Å². The third-order valence-electron chi connectivity index (χ3n) is 4.26. The average molecular weight is 434 g/mol. The predicted molar refractivity (Wildman–Crippen MR) is 114 cm³/mol. The molecule has 1 aliphatic heterocycles. The van der Waals surface area contributed by atoms with Gasteiger partial charge in [0.1, 0.15) is 11.6 Å². The molecule has 2 aromatic rings. The second kappa shape index (κ2) is 10.4. The molecule has 1 aromatic carbocycles. The van der Waals surface area contributed by atoms with Gasteiger partial charge >= 0.3 is 0 Å². The minimum Gasteiger partial charge on any atom is -0.496 e. The minimum atomic E-state index is -0.265. The number of nitrogen functional groups attached to an aromatic ring is 1. The quantitative estimate of drug-likeness (QED) is 0.703. The van der Waals surface area contributed by atoms with Crippen molar-refractivity contribution in [1.82, 2.24) is 10.3 Å². The van der Waals surface area contributed by atoms with Gasteiger partial charge in [-0.25, -0.2) is 4.98 Å². The summed E-state index contributed by atoms with van der Waals surface area (Å²) in [5.74, 6) is 1.09. The van der Waals surface area contributed by atoms with Crippen LogP contribution in [0.15, 0.2) is 30.5 Å². The summed E-state index contributed by atoms with van der Waals surface area (Å²) in [4.78, 5) is 19.2. The highest BCUT2D eigenvalue weighted by Gasteiger charge is 2.16. The Morgan fingerprint density at radius 1 is 1.30 bits per heavy atom. The van der Waals surface area contributed by atoms with E-state index in [1.165, 1.54) is 26.0 Å². The van der Waals surface area contributed by atoms with Gasteiger partial charge in [-0.3, -0.25) is 4.79 Å². The fourth-order valence-corrected chi connectivity index (χ4v) is 3.05. The van der Waals surface area contributed by atoms with Crippen molar-refractivity contribution >= 4 is 53.8 Å². The van der Waals surface area contributed by atoms with Gasteiger partial charge in [0.25, 0.3) is 5.91 Å². The van der Waals surface area contributed by atoms with E-state index in [1.807, 2.05) is 12.1 Å². The number of benzene rings is 1. The molecule has 2 heterocycles. The summed E-state index contributed by atoms with van der Waals surface area (Å²) in [6.45, 7) is 2.46. The van der Waals surface area contributed by atoms with Gasteiger partial charge in [0.2, 0.25) is 0 Å². The molecule has 1 aromatic heterocycles. The monoisotopic (exact) mass is 432 g/mol. The Bertz CT molecular complexity index is 783. The summed E-state index contributed by atoms with van der Waals surface area (Å²) >= 11 is 6.02. The molecule has 0 bridgehead atoms. The van der Waals surface area contributed by atoms with Gasteiger partial charge in [-0.2, -0.15) is 0 Å². The molecule has 0 saturated carbocycles. The number of pyridine rings is 1. The van der Waals surface area contributed by atoms with Crippen LogP contribution >= 0.6 is 36.4 Å². The number of nitrogens with one attached hydrogen (secondary N) is 1. The lowest BCUT2D eigenvalue weighted by Gasteiger charge is -2.17. The highest BCUT2D eigenvalue weighted by Crippen LogP contribution is 2.28. The van der Waals surface area contributed by atoms with Crippen LogP contribution in [0.1, 0.15) is 28.8 Å². The molecule has 3 N–H and O–H groups in total. The predicted octanol–water partition coefficient (Wildman–Crippen LogP) is 3.70. The van der Waals surface area contributed by atoms with Crippen LogP contribution < -0.4 is 20.7 Å². The van der Waals surface area contributed by atoms with E-state index in [0.29, 0.717) is 28.6 Å². The Morgan fingerprint density at radius 3 is 2.67 bits per heavy atom. The minimum absolute atomic E-state index is 0. The topological polar surface area (TPSA) is 80.5 Å². The van der Waals surface area contributed by atoms with Gasteiger partial charge in [-0.05, 0) is 36.6 Å². The molecule has 0 aliphatic carbocycles. The van der Waals surface area contributed by atoms with Gasteiger partial charge < -0.3 is 20.7 Å². The zero-order valence-electron chi connectivity index (χ0n) is 14.9. The zero-order chi connectivity index (χ0) is 17.8. The fraction of sp³-hybridized carbons (Fsp3) is 0.333. The molecule has 6 nitrogen and oxygen atoms in total. The SMILES string of the molecule is COc1cc(N)c(Cl)cc1C(=O)NCc1ccnc(N2CCCC2)c1.Cl.Cl. The first-order valence-electron chi connectivity index (χ1n) is 8.19. The summed E-state index contributed by atoms with van der Waals surface area (Å²) in [6.07, 6.45) is 4.16. The van der Waals surface area contributed by atoms with Crippen LogP contribution in [-0.4, -0.2) is 31.1 Å². The molecule has 0 atom stereocenters. The number of nitrogens with two attached hydrogens (primary N) is 1. The summed E-state index contributed by atoms with van der Waals surface area (Å²) < 4.78 is 5.22. The van der Waals surface area contributed by atoms with Crippen molar-refractivity contribution in [3.63, 3.8) is 0 Å². The number of amides is 1. The van der Waals surface area contributed by atoms with Crippen molar-refractivity contribution in [2.24, 2.45) is 0 Å². The molecule has 1 aliphatic rings. The number of hydrogen-bond donors (Lipinski definition) is 2. The lowest BCUT2D eigenvalue weighted by Crippen LogP contribution is -2.24. The summed E-state index contributed by atoms with van der Waals surface area (Å²) in [7, 11) is 1.49. The van der Waals surface area contributed by atoms with Crippen molar-refractivity contribution in [2.75, 3.05) is 30.8 Å². The van der Waals surface area contributed by atoms with Crippen LogP contribution in [0.3, 0.4) is 0 Å². The summed E-state index contributed by atoms with van der Waals surface area (Å²) in [5, 5.41) is 3.21. The van der Waals surface area contributed by atoms with Gasteiger partial charge in [0, 0.05) is 31.9 Å². The maximum Gasteiger partial charge on any atom is 0.255 e. The average Bonchev–Trinajstić information content (AvgIpc) is 3.16. The van der Waals surface area contributed by atoms with E-state index in [0.717, 1.165) is 24.5 Å². The number of nitrogens with zero attached hydrogens (tertiary/aromatic N) is 2. The van der Waals surface area contributed by atoms with Crippen molar-refractivity contribution in [3.8, 4) is 5.75 Å². The first-order chi connectivity index (χ1) is 12.1. The van der Waals surface area contributed by atoms with Crippen molar-refractivity contribution in [3.05, 3.63) is 46.6 Å². The molecule has 27 heavy (non-hydrogen) atoms. The lowest BCUT2D eigenvalue weighted by atomic mass is 10.1. The Kier molecular flexibility index (Phi) is 8.96. The zero-order valence-corrected chi connectivity index (χ0v) is 17.3. The van der Waals surface area contributed by atoms with E-state index < -0.39 is 0 Å². The number of carbonyl (C=O) groups is 1. The summed E-state index contributed by atoms with van der Waals surface area (Å²) in [6, 6.07) is 6.98. The molecule has 1 fully saturated rings. The second-order valence-electron chi connectivity index (χ2n) is 5.97. The molecular weight excluding hydrogens is 411 g/mol. The molecule has 9 heteroatoms. The molecule has 0 radical (unpaired) electrons. The maximum absolute atomic E-state index is 12.5. The van der Waals surface area contributed by atoms with E-state index >= 15 is 0 Å². The smallest absolute Gasteiger partial charge is 0.255 e. The van der Waals surface area contributed by atoms with Crippen LogP contribution in [0.25, 0.3) is 0 Å². The van der Waals surface area contributed by atoms with Crippen molar-refractivity contribution in [1.29, 1.82) is 0 Å². The van der Waals surface area contributed by atoms with Crippen molar-refractivity contribution < 1.29 is 9.53 Å². The van der Waals surface area contributed by atoms with Crippen LogP contribution in [0.2, 0.25) is 5.02 Å². The highest BCUT2D eigenvalue weighted by atomic mass is 35.5. The normalized spacial score (nSPS) is 12.7. The number of carbonyl (C=O) groups excluding carboxylic acids is 1. The fourth-order valence-electron chi connectivity index (χ4n) is 2.88. The number of aromatic nitrogens is 1. The molecule has 0 spiro atoms. The van der Waals surface area contributed by atoms with Crippen LogP contribution in [-0.2, 0) is 6.54 Å². The number of anilines is 2. The van der Waals surface area contributed by atoms with Crippen LogP contribution in [0, 0.1) is 0 Å². The van der Waals surface area contributed by atoms with Crippen LogP contribution in [0.4, 0.5) is 11.5 Å². The Hall–Kier alpha value is -1.89. The van der Waals surface area contributed by atoms with E-state index in [1.54, 1.807) is 12.3 Å². The Morgan fingerprint density at radius 2 is 2.00 bits per heavy atom. The Labute approximate surface area is 176 Å². The first kappa shape index (κ1) is 23.1. The molecular formula is C18H23Cl3N4O2. The Balaban J connectivity index is 0.00000182. The summed E-state index contributed by atoms with van der Waals surface area (Å²) in [5.41, 5.74) is 7.47. The van der Waals surface area contributed by atoms with Crippen LogP contribution in [0.5, 0.6) is 5.75 Å². The van der Waals surface area contributed by atoms with Gasteiger partial charge in [-0.1, -0.05) is 11.6 Å². The third-order valence-corrected chi connectivity index (χ3v) is 4.58. The first-order valence-corrected chi connectivity index (χ1v) is 8.57. The third kappa shape index (κ3) is 5.54. The van der Waals surface area contributed by atoms with Gasteiger partial charge in [-0.15, -0.1) is 24.8 Å². The molecule has 1 saturated heterocycles. The lowest BCUT2D eigenvalue weighted by molar-refractivity contribution is 0.0948. The number of hydrogen-bond acceptors (Lipinski definition) is 5. The van der Waals surface area contributed by atoms with E-state index in [4.69, 9.17) is 22.1 Å². The largest absolute Gasteiger partial charge is 0.496 e. The van der Waals surface area contributed by atoms with Crippen molar-refractivity contribution in [2.45, 2.75) is 19.4 Å². The molecule has 0 unspecified atom stereocenters. The molecule has 148 valence electrons. The number of ether oxygens (including phenoxy) is 1. The van der Waals surface area contributed by atoms with Gasteiger partial charge in [0.15, 0.2) is 0 Å². The van der Waals surface area contributed by atoms with E-state index in [9.17, 15) is 4.79 Å². The van der Waals surface area contributed by atoms with E-state index in [2.05, 4.69) is 15.2 Å². The number of methoxy groups -OCH3 is 1. The highest BCUT2D eigenvalue weighted by molar-refractivity contribution is 6.33. The molecule has 3 rings (SSSR count). The number of rotatable bonds is 5. The number of halogens is 3. The standard InChI is InChI=1S/C18H21ClN4O2.2ClH/c1-25-16-10-15(20)14(19)9-13(16)18(24)22-11-12-4-5-21-17(8-12)23-6-2-3-7-23;;/h4-5,8-10H,2-3,6-7,11,20H2,1H3,(H,22,24);2*1H. The van der Waals surface area contributed by atoms with Gasteiger partial charge in [0.05, 0.1) is 23.4 Å². The maximum atomic E-state index is 12.5. The molecule has 1 amide bonds.